The number of amides is 3. The van der Waals surface area contributed by atoms with Crippen LogP contribution in [0.3, 0.4) is 0 Å². The number of carbonyl (C=O) groups excluding carboxylic acids is 3. The summed E-state index contributed by atoms with van der Waals surface area (Å²) >= 11 is 0. The molecule has 2 aliphatic rings. The number of carbonyl (C=O) groups is 3. The van der Waals surface area contributed by atoms with Gasteiger partial charge in [-0.2, -0.15) is 0 Å². The molecule has 0 saturated carbocycles. The molecule has 2 aliphatic heterocycles. The van der Waals surface area contributed by atoms with E-state index in [1.807, 2.05) is 9.80 Å². The average Bonchev–Trinajstić information content (AvgIpc) is 3.09. The van der Waals surface area contributed by atoms with Crippen molar-refractivity contribution in [3.63, 3.8) is 0 Å². The van der Waals surface area contributed by atoms with Crippen molar-refractivity contribution in [3.05, 3.63) is 0 Å². The van der Waals surface area contributed by atoms with Crippen LogP contribution in [0.2, 0.25) is 0 Å². The molecule has 0 aromatic rings. The number of aliphatic hydroxyl groups is 2. The first kappa shape index (κ1) is 32.4. The highest BCUT2D eigenvalue weighted by Gasteiger charge is 2.33. The summed E-state index contributed by atoms with van der Waals surface area (Å²) < 4.78 is 11.1. The molecule has 0 aromatic heterocycles. The predicted octanol–water partition coefficient (Wildman–Crippen LogP) is 0.180. The Morgan fingerprint density at radius 2 is 1.63 bits per heavy atom. The molecular weight excluding hydrogens is 492 g/mol. The van der Waals surface area contributed by atoms with Gasteiger partial charge >= 0.3 is 0 Å². The van der Waals surface area contributed by atoms with E-state index in [0.717, 1.165) is 19.4 Å². The van der Waals surface area contributed by atoms with E-state index in [9.17, 15) is 24.6 Å². The van der Waals surface area contributed by atoms with E-state index in [-0.39, 0.29) is 43.5 Å². The monoisotopic (exact) mass is 542 g/mol. The fraction of sp³-hybridized carbons (Fsp3) is 0.889. The van der Waals surface area contributed by atoms with E-state index < -0.39 is 18.3 Å². The van der Waals surface area contributed by atoms with Gasteiger partial charge < -0.3 is 34.4 Å². The van der Waals surface area contributed by atoms with E-state index in [2.05, 4.69) is 18.7 Å². The maximum absolute atomic E-state index is 13.8. The molecule has 0 radical (unpaired) electrons. The number of nitrogens with zero attached hydrogens (tertiary/aromatic N) is 4. The lowest BCUT2D eigenvalue weighted by atomic mass is 10.00. The molecule has 2 saturated heterocycles. The maximum atomic E-state index is 13.8. The third-order valence-electron chi connectivity index (χ3n) is 7.48. The number of hydrogen-bond donors (Lipinski definition) is 2. The Bertz CT molecular complexity index is 753. The van der Waals surface area contributed by atoms with Crippen LogP contribution in [0.15, 0.2) is 0 Å². The topological polar surface area (TPSA) is 123 Å². The summed E-state index contributed by atoms with van der Waals surface area (Å²) in [5.74, 6) is 0.181. The molecule has 38 heavy (non-hydrogen) atoms. The van der Waals surface area contributed by atoms with Crippen LogP contribution in [-0.4, -0.2) is 145 Å². The molecule has 11 nitrogen and oxygen atoms in total. The predicted molar refractivity (Wildman–Crippen MR) is 143 cm³/mol. The van der Waals surface area contributed by atoms with E-state index in [0.29, 0.717) is 58.1 Å². The van der Waals surface area contributed by atoms with Gasteiger partial charge in [-0.25, -0.2) is 0 Å². The highest BCUT2D eigenvalue weighted by molar-refractivity contribution is 5.79. The fourth-order valence-electron chi connectivity index (χ4n) is 5.24. The van der Waals surface area contributed by atoms with Crippen LogP contribution < -0.4 is 0 Å². The second kappa shape index (κ2) is 16.3. The maximum Gasteiger partial charge on any atom is 0.237 e. The lowest BCUT2D eigenvalue weighted by molar-refractivity contribution is -0.143. The van der Waals surface area contributed by atoms with E-state index in [1.165, 1.54) is 14.0 Å². The Morgan fingerprint density at radius 3 is 2.26 bits per heavy atom. The van der Waals surface area contributed by atoms with Gasteiger partial charge in [0.1, 0.15) is 18.3 Å². The summed E-state index contributed by atoms with van der Waals surface area (Å²) in [7, 11) is 1.44. The molecule has 4 atom stereocenters. The largest absolute Gasteiger partial charge is 0.388 e. The first-order chi connectivity index (χ1) is 18.0. The van der Waals surface area contributed by atoms with Gasteiger partial charge in [-0.15, -0.1) is 0 Å². The van der Waals surface area contributed by atoms with Gasteiger partial charge in [0.25, 0.3) is 0 Å². The van der Waals surface area contributed by atoms with Crippen LogP contribution in [0.5, 0.6) is 0 Å². The second-order valence-corrected chi connectivity index (χ2v) is 11.0. The fourth-order valence-corrected chi connectivity index (χ4v) is 5.24. The van der Waals surface area contributed by atoms with Gasteiger partial charge in [0.05, 0.1) is 13.2 Å². The standard InChI is InChI=1S/C27H50N4O7/c1-20(2)15-23-16-30(22(4)33)17-25(37-5)27(36)24(34)19-38-14-7-6-11-31(23)26(35)18-28-9-8-10-29(13-12-28)21(3)32/h20,23-25,27,34,36H,6-19H2,1-5H3/t23-,24-,25-,27-/m1/s1. The van der Waals surface area contributed by atoms with Crippen molar-refractivity contribution in [3.8, 4) is 0 Å². The molecule has 0 spiro atoms. The van der Waals surface area contributed by atoms with Crippen LogP contribution >= 0.6 is 0 Å². The van der Waals surface area contributed by atoms with Crippen LogP contribution in [0.1, 0.15) is 53.4 Å². The molecule has 11 heteroatoms. The van der Waals surface area contributed by atoms with Crippen LogP contribution in [0, 0.1) is 5.92 Å². The van der Waals surface area contributed by atoms with Gasteiger partial charge in [-0.3, -0.25) is 19.3 Å². The van der Waals surface area contributed by atoms with Crippen LogP contribution in [0.4, 0.5) is 0 Å². The minimum atomic E-state index is -1.22. The first-order valence-electron chi connectivity index (χ1n) is 14.0. The van der Waals surface area contributed by atoms with Crippen molar-refractivity contribution < 1.29 is 34.1 Å². The third kappa shape index (κ3) is 10.4. The van der Waals surface area contributed by atoms with E-state index in [4.69, 9.17) is 9.47 Å². The Morgan fingerprint density at radius 1 is 0.921 bits per heavy atom. The van der Waals surface area contributed by atoms with Gasteiger partial charge in [0.15, 0.2) is 0 Å². The van der Waals surface area contributed by atoms with Crippen molar-refractivity contribution in [1.29, 1.82) is 0 Å². The number of hydrogen-bond acceptors (Lipinski definition) is 8. The summed E-state index contributed by atoms with van der Waals surface area (Å²) in [6, 6.07) is -0.212. The molecule has 2 N–H and O–H groups in total. The molecule has 2 heterocycles. The SMILES string of the molecule is CO[C@@H]1CN(C(C)=O)C[C@@H](CC(C)C)N(C(=O)CN2CCCN(C(C)=O)CC2)CCCCOC[C@@H](O)[C@H]1O. The average molecular weight is 543 g/mol. The summed E-state index contributed by atoms with van der Waals surface area (Å²) in [5, 5.41) is 21.1. The van der Waals surface area contributed by atoms with Crippen molar-refractivity contribution in [2.75, 3.05) is 72.7 Å². The summed E-state index contributed by atoms with van der Waals surface area (Å²) in [5.41, 5.74) is 0. The summed E-state index contributed by atoms with van der Waals surface area (Å²) in [4.78, 5) is 45.8. The number of rotatable bonds is 5. The van der Waals surface area contributed by atoms with Gasteiger partial charge in [0, 0.05) is 79.4 Å². The zero-order chi connectivity index (χ0) is 28.2. The normalized spacial score (nSPS) is 27.6. The van der Waals surface area contributed by atoms with Crippen molar-refractivity contribution in [2.24, 2.45) is 5.92 Å². The molecule has 2 fully saturated rings. The minimum Gasteiger partial charge on any atom is -0.388 e. The third-order valence-corrected chi connectivity index (χ3v) is 7.48. The van der Waals surface area contributed by atoms with Crippen LogP contribution in [0.25, 0.3) is 0 Å². The zero-order valence-corrected chi connectivity index (χ0v) is 24.0. The van der Waals surface area contributed by atoms with E-state index in [1.54, 1.807) is 11.8 Å². The first-order valence-corrected chi connectivity index (χ1v) is 14.0. The number of aliphatic hydroxyl groups excluding tert-OH is 2. The number of ether oxygens (including phenoxy) is 2. The summed E-state index contributed by atoms with van der Waals surface area (Å²) in [6.45, 7) is 11.6. The quantitative estimate of drug-likeness (QED) is 0.505. The molecule has 0 unspecified atom stereocenters. The lowest BCUT2D eigenvalue weighted by Gasteiger charge is -2.39. The van der Waals surface area contributed by atoms with Gasteiger partial charge in [-0.1, -0.05) is 13.8 Å². The van der Waals surface area contributed by atoms with Crippen molar-refractivity contribution in [2.45, 2.75) is 77.7 Å². The highest BCUT2D eigenvalue weighted by Crippen LogP contribution is 2.18. The Labute approximate surface area is 228 Å². The molecule has 0 bridgehead atoms. The molecule has 2 rings (SSSR count). The van der Waals surface area contributed by atoms with Gasteiger partial charge in [0.2, 0.25) is 17.7 Å². The number of methoxy groups -OCH3 is 1. The molecule has 0 aliphatic carbocycles. The van der Waals surface area contributed by atoms with Crippen molar-refractivity contribution in [1.82, 2.24) is 19.6 Å². The van der Waals surface area contributed by atoms with E-state index >= 15 is 0 Å². The Hall–Kier alpha value is -1.79. The summed E-state index contributed by atoms with van der Waals surface area (Å²) in [6.07, 6.45) is -0.194. The van der Waals surface area contributed by atoms with Crippen LogP contribution in [-0.2, 0) is 23.9 Å². The lowest BCUT2D eigenvalue weighted by Crippen LogP contribution is -2.54. The Balaban J connectivity index is 2.27. The Kier molecular flexibility index (Phi) is 13.9. The highest BCUT2D eigenvalue weighted by atomic mass is 16.5. The van der Waals surface area contributed by atoms with Crippen molar-refractivity contribution >= 4 is 17.7 Å². The van der Waals surface area contributed by atoms with Gasteiger partial charge in [-0.05, 0) is 31.6 Å². The molecule has 0 aromatic carbocycles. The smallest absolute Gasteiger partial charge is 0.237 e. The molecule has 3 amide bonds. The zero-order valence-electron chi connectivity index (χ0n) is 24.0. The second-order valence-electron chi connectivity index (χ2n) is 11.0. The molecular formula is C27H50N4O7. The molecule has 220 valence electrons. The minimum absolute atomic E-state index is 0.0159.